The molecule has 2 aliphatic heterocycles. The summed E-state index contributed by atoms with van der Waals surface area (Å²) >= 11 is 0. The molecule has 3 N–H and O–H groups in total. The standard InChI is InChI=1S/C19H23N5O9S/c1-3-22-8-9-23(18(28)17(22)27)19(29)21-14(11-4-6-12(33-2)7-5-11)15(25)20-13-10-24(16(13)26)34(30,31)32/h4-7,13-14H,3,8-10H2,1-2H3,(H,20,25)(H,21,29)(H,30,31,32). The average Bonchev–Trinajstić information content (AvgIpc) is 2.80. The van der Waals surface area contributed by atoms with Gasteiger partial charge in [0.05, 0.1) is 13.7 Å². The molecule has 2 atom stereocenters. The molecule has 184 valence electrons. The van der Waals surface area contributed by atoms with E-state index in [1.54, 1.807) is 6.92 Å². The van der Waals surface area contributed by atoms with Crippen molar-refractivity contribution in [2.24, 2.45) is 0 Å². The van der Waals surface area contributed by atoms with Gasteiger partial charge in [0.1, 0.15) is 17.8 Å². The highest BCUT2D eigenvalue weighted by atomic mass is 32.2. The van der Waals surface area contributed by atoms with E-state index in [2.05, 4.69) is 10.6 Å². The van der Waals surface area contributed by atoms with E-state index in [1.165, 1.54) is 36.3 Å². The molecule has 0 aliphatic carbocycles. The first-order chi connectivity index (χ1) is 16.0. The van der Waals surface area contributed by atoms with Crippen LogP contribution in [0.15, 0.2) is 24.3 Å². The summed E-state index contributed by atoms with van der Waals surface area (Å²) in [4.78, 5) is 64.2. The molecule has 2 unspecified atom stereocenters. The maximum absolute atomic E-state index is 12.9. The van der Waals surface area contributed by atoms with E-state index in [0.717, 1.165) is 0 Å². The van der Waals surface area contributed by atoms with Gasteiger partial charge in [-0.25, -0.2) is 9.10 Å². The van der Waals surface area contributed by atoms with Crippen LogP contribution in [0.25, 0.3) is 0 Å². The van der Waals surface area contributed by atoms with E-state index in [4.69, 9.17) is 9.29 Å². The monoisotopic (exact) mass is 497 g/mol. The Morgan fingerprint density at radius 3 is 2.32 bits per heavy atom. The van der Waals surface area contributed by atoms with E-state index in [0.29, 0.717) is 17.2 Å². The molecule has 1 aromatic rings. The zero-order valence-corrected chi connectivity index (χ0v) is 19.1. The molecular weight excluding hydrogens is 474 g/mol. The first kappa shape index (κ1) is 24.9. The normalized spacial score (nSPS) is 19.4. The summed E-state index contributed by atoms with van der Waals surface area (Å²) in [7, 11) is -3.31. The maximum Gasteiger partial charge on any atom is 0.362 e. The molecule has 6 amide bonds. The number of likely N-dealkylation sites (N-methyl/N-ethyl adjacent to an activating group) is 1. The smallest absolute Gasteiger partial charge is 0.362 e. The number of amides is 6. The Kier molecular flexibility index (Phi) is 7.07. The number of carbonyl (C=O) groups is 5. The second-order valence-corrected chi connectivity index (χ2v) is 8.74. The topological polar surface area (TPSA) is 183 Å². The number of carbonyl (C=O) groups excluding carboxylic acids is 5. The number of urea groups is 1. The third-order valence-electron chi connectivity index (χ3n) is 5.40. The molecule has 34 heavy (non-hydrogen) atoms. The highest BCUT2D eigenvalue weighted by Crippen LogP contribution is 2.21. The first-order valence-electron chi connectivity index (χ1n) is 10.1. The van der Waals surface area contributed by atoms with E-state index in [1.807, 2.05) is 0 Å². The van der Waals surface area contributed by atoms with Gasteiger partial charge in [-0.1, -0.05) is 12.1 Å². The van der Waals surface area contributed by atoms with Crippen molar-refractivity contribution in [3.63, 3.8) is 0 Å². The molecule has 0 saturated carbocycles. The molecule has 0 spiro atoms. The molecule has 2 saturated heterocycles. The van der Waals surface area contributed by atoms with E-state index in [9.17, 15) is 32.4 Å². The van der Waals surface area contributed by atoms with Crippen molar-refractivity contribution in [1.82, 2.24) is 24.7 Å². The van der Waals surface area contributed by atoms with Crippen LogP contribution in [0.4, 0.5) is 4.79 Å². The number of hydrogen-bond acceptors (Lipinski definition) is 8. The van der Waals surface area contributed by atoms with Crippen LogP contribution < -0.4 is 15.4 Å². The van der Waals surface area contributed by atoms with Crippen LogP contribution in [0.2, 0.25) is 0 Å². The minimum absolute atomic E-state index is 0.0777. The van der Waals surface area contributed by atoms with Crippen molar-refractivity contribution < 1.29 is 41.7 Å². The molecule has 2 fully saturated rings. The average molecular weight is 497 g/mol. The van der Waals surface area contributed by atoms with E-state index < -0.39 is 58.6 Å². The van der Waals surface area contributed by atoms with Gasteiger partial charge in [0.15, 0.2) is 0 Å². The van der Waals surface area contributed by atoms with Crippen molar-refractivity contribution >= 4 is 40.0 Å². The Morgan fingerprint density at radius 1 is 1.15 bits per heavy atom. The Labute approximate surface area is 194 Å². The minimum Gasteiger partial charge on any atom is -0.497 e. The van der Waals surface area contributed by atoms with Gasteiger partial charge in [0.25, 0.3) is 5.91 Å². The van der Waals surface area contributed by atoms with Crippen molar-refractivity contribution in [3.8, 4) is 5.75 Å². The fraction of sp³-hybridized carbons (Fsp3) is 0.421. The quantitative estimate of drug-likeness (QED) is 0.224. The van der Waals surface area contributed by atoms with E-state index in [-0.39, 0.29) is 23.0 Å². The molecule has 2 aliphatic rings. The number of rotatable bonds is 7. The zero-order chi connectivity index (χ0) is 25.2. The lowest BCUT2D eigenvalue weighted by atomic mass is 10.0. The summed E-state index contributed by atoms with van der Waals surface area (Å²) in [5, 5.41) is 4.69. The number of piperazine rings is 1. The van der Waals surface area contributed by atoms with Gasteiger partial charge in [-0.2, -0.15) is 8.42 Å². The molecule has 2 heterocycles. The van der Waals surface area contributed by atoms with Crippen molar-refractivity contribution in [2.75, 3.05) is 33.3 Å². The fourth-order valence-electron chi connectivity index (χ4n) is 3.43. The van der Waals surface area contributed by atoms with Gasteiger partial charge in [0, 0.05) is 19.6 Å². The van der Waals surface area contributed by atoms with Gasteiger partial charge in [-0.15, -0.1) is 0 Å². The molecule has 0 aromatic heterocycles. The molecule has 14 nitrogen and oxygen atoms in total. The van der Waals surface area contributed by atoms with Crippen LogP contribution in [0.5, 0.6) is 5.75 Å². The van der Waals surface area contributed by atoms with Crippen LogP contribution >= 0.6 is 0 Å². The number of hydrogen-bond donors (Lipinski definition) is 3. The van der Waals surface area contributed by atoms with Gasteiger partial charge < -0.3 is 20.3 Å². The fourth-order valence-corrected chi connectivity index (χ4v) is 4.13. The minimum atomic E-state index is -4.75. The van der Waals surface area contributed by atoms with Gasteiger partial charge >= 0.3 is 28.1 Å². The number of ether oxygens (including phenoxy) is 1. The summed E-state index contributed by atoms with van der Waals surface area (Å²) in [5.41, 5.74) is 0.260. The third kappa shape index (κ3) is 4.94. The van der Waals surface area contributed by atoms with Crippen molar-refractivity contribution in [1.29, 1.82) is 0 Å². The molecule has 3 rings (SSSR count). The Bertz CT molecular complexity index is 1120. The molecule has 15 heteroatoms. The second-order valence-electron chi connectivity index (χ2n) is 7.41. The lowest BCUT2D eigenvalue weighted by Crippen LogP contribution is -2.66. The Hall–Kier alpha value is -3.72. The van der Waals surface area contributed by atoms with Crippen molar-refractivity contribution in [3.05, 3.63) is 29.8 Å². The summed E-state index contributed by atoms with van der Waals surface area (Å²) in [6.45, 7) is 1.56. The van der Waals surface area contributed by atoms with E-state index >= 15 is 0 Å². The summed E-state index contributed by atoms with van der Waals surface area (Å²) in [5.74, 6) is -3.36. The molecule has 0 radical (unpaired) electrons. The highest BCUT2D eigenvalue weighted by Gasteiger charge is 2.45. The molecular formula is C19H23N5O9S. The van der Waals surface area contributed by atoms with Gasteiger partial charge in [-0.05, 0) is 24.6 Å². The summed E-state index contributed by atoms with van der Waals surface area (Å²) in [6.07, 6.45) is 0. The zero-order valence-electron chi connectivity index (χ0n) is 18.3. The highest BCUT2D eigenvalue weighted by molar-refractivity contribution is 7.84. The summed E-state index contributed by atoms with van der Waals surface area (Å²) < 4.78 is 36.4. The SMILES string of the molecule is CCN1CCN(C(=O)NC(C(=O)NC2CN(S(=O)(=O)O)C2=O)c2ccc(OC)cc2)C(=O)C1=O. The van der Waals surface area contributed by atoms with Gasteiger partial charge in [0.2, 0.25) is 5.91 Å². The molecule has 0 bridgehead atoms. The number of β-lactam (4-membered cyclic amide) rings is 1. The summed E-state index contributed by atoms with van der Waals surface area (Å²) in [6, 6.07) is 2.33. The van der Waals surface area contributed by atoms with Crippen LogP contribution in [-0.2, 0) is 29.5 Å². The van der Waals surface area contributed by atoms with Crippen LogP contribution in [0.3, 0.4) is 0 Å². The van der Waals surface area contributed by atoms with Crippen LogP contribution in [-0.4, -0.2) is 96.1 Å². The number of nitrogens with one attached hydrogen (secondary N) is 2. The maximum atomic E-state index is 12.9. The Balaban J connectivity index is 1.78. The van der Waals surface area contributed by atoms with Crippen molar-refractivity contribution in [2.45, 2.75) is 19.0 Å². The molecule has 1 aromatic carbocycles. The lowest BCUT2D eigenvalue weighted by molar-refractivity contribution is -0.153. The number of imide groups is 1. The Morgan fingerprint density at radius 2 is 1.79 bits per heavy atom. The number of methoxy groups -OCH3 is 1. The predicted molar refractivity (Wildman–Crippen MR) is 113 cm³/mol. The van der Waals surface area contributed by atoms with Crippen LogP contribution in [0, 0.1) is 0 Å². The second kappa shape index (κ2) is 9.64. The third-order valence-corrected chi connectivity index (χ3v) is 6.29. The van der Waals surface area contributed by atoms with Gasteiger partial charge in [-0.3, -0.25) is 28.6 Å². The first-order valence-corrected chi connectivity index (χ1v) is 11.5. The predicted octanol–water partition coefficient (Wildman–Crippen LogP) is -1.73. The number of benzene rings is 1. The van der Waals surface area contributed by atoms with Crippen LogP contribution in [0.1, 0.15) is 18.5 Å². The lowest BCUT2D eigenvalue weighted by Gasteiger charge is -2.36. The largest absolute Gasteiger partial charge is 0.497 e. The number of nitrogens with zero attached hydrogens (tertiary/aromatic N) is 3.